The molecule has 3 aromatic rings. The summed E-state index contributed by atoms with van der Waals surface area (Å²) in [5.74, 6) is 1.02. The van der Waals surface area contributed by atoms with Crippen LogP contribution in [-0.4, -0.2) is 10.8 Å². The molecule has 0 atom stereocenters. The predicted octanol–water partition coefficient (Wildman–Crippen LogP) is 10.9. The van der Waals surface area contributed by atoms with E-state index < -0.39 is 0 Å². The number of hydrogen-bond acceptors (Lipinski definition) is 1. The predicted molar refractivity (Wildman–Crippen MR) is 174 cm³/mol. The Morgan fingerprint density at radius 2 is 1.32 bits per heavy atom. The summed E-state index contributed by atoms with van der Waals surface area (Å²) >= 11 is 0. The molecular formula is C39H48NO. The van der Waals surface area contributed by atoms with Gasteiger partial charge in [-0.15, -0.1) is 0 Å². The van der Waals surface area contributed by atoms with E-state index in [0.717, 1.165) is 40.3 Å². The highest BCUT2D eigenvalue weighted by Crippen LogP contribution is 2.36. The number of aromatic amines is 1. The maximum absolute atomic E-state index is 13.8. The summed E-state index contributed by atoms with van der Waals surface area (Å²) in [5.41, 5.74) is 10.1. The lowest BCUT2D eigenvalue weighted by molar-refractivity contribution is 0.0990. The fraction of sp³-hybridized carbons (Fsp3) is 0.436. The number of Topliss-reactive ketones (excluding diaryl/α,β-unsaturated/α-hetero) is 1. The van der Waals surface area contributed by atoms with E-state index in [4.69, 9.17) is 0 Å². The molecule has 0 unspecified atom stereocenters. The molecule has 2 nitrogen and oxygen atoms in total. The zero-order valence-corrected chi connectivity index (χ0v) is 26.1. The Bertz CT molecular complexity index is 1410. The normalized spacial score (nSPS) is 16.5. The molecule has 1 fully saturated rings. The van der Waals surface area contributed by atoms with Crippen molar-refractivity contribution in [2.24, 2.45) is 5.92 Å². The van der Waals surface area contributed by atoms with Crippen molar-refractivity contribution < 1.29 is 4.79 Å². The Hall–Kier alpha value is -3.13. The van der Waals surface area contributed by atoms with Gasteiger partial charge < -0.3 is 4.98 Å². The van der Waals surface area contributed by atoms with Crippen molar-refractivity contribution in [2.75, 3.05) is 0 Å². The van der Waals surface area contributed by atoms with Crippen LogP contribution in [0.3, 0.4) is 0 Å². The molecule has 1 aromatic heterocycles. The highest BCUT2D eigenvalue weighted by Gasteiger charge is 2.23. The number of ketones is 1. The topological polar surface area (TPSA) is 32.9 Å². The van der Waals surface area contributed by atoms with E-state index in [1.165, 1.54) is 55.2 Å². The molecule has 0 amide bonds. The van der Waals surface area contributed by atoms with Crippen molar-refractivity contribution in [2.45, 2.75) is 104 Å². The average molecular weight is 547 g/mol. The summed E-state index contributed by atoms with van der Waals surface area (Å²) < 4.78 is 0. The molecule has 1 N–H and O–H groups in total. The molecule has 2 heteroatoms. The van der Waals surface area contributed by atoms with Gasteiger partial charge >= 0.3 is 0 Å². The number of nitrogens with one attached hydrogen (secondary N) is 1. The van der Waals surface area contributed by atoms with Gasteiger partial charge in [-0.1, -0.05) is 145 Å². The fourth-order valence-electron chi connectivity index (χ4n) is 6.29. The van der Waals surface area contributed by atoms with Crippen LogP contribution in [-0.2, 0) is 10.8 Å². The maximum atomic E-state index is 13.8. The molecule has 2 aliphatic rings. The average Bonchev–Trinajstić information content (AvgIpc) is 3.59. The van der Waals surface area contributed by atoms with Crippen LogP contribution in [0.15, 0.2) is 77.9 Å². The first-order valence-electron chi connectivity index (χ1n) is 15.7. The monoisotopic (exact) mass is 546 g/mol. The summed E-state index contributed by atoms with van der Waals surface area (Å²) in [5, 5.41) is 0. The van der Waals surface area contributed by atoms with Gasteiger partial charge in [0.25, 0.3) is 0 Å². The number of hydrogen-bond donors (Lipinski definition) is 1. The van der Waals surface area contributed by atoms with Crippen LogP contribution in [0.2, 0.25) is 0 Å². The van der Waals surface area contributed by atoms with Crippen molar-refractivity contribution in [3.8, 4) is 22.4 Å². The Labute approximate surface area is 248 Å². The summed E-state index contributed by atoms with van der Waals surface area (Å²) in [4.78, 5) is 17.4. The quantitative estimate of drug-likeness (QED) is 0.280. The minimum Gasteiger partial charge on any atom is -0.352 e. The Balaban J connectivity index is 1.35. The first-order valence-corrected chi connectivity index (χ1v) is 15.7. The van der Waals surface area contributed by atoms with E-state index in [0.29, 0.717) is 12.1 Å². The third-order valence-electron chi connectivity index (χ3n) is 9.03. The number of carbonyl (C=O) groups is 1. The smallest absolute Gasteiger partial charge is 0.183 e. The molecule has 0 bridgehead atoms. The molecule has 2 aromatic carbocycles. The number of aromatic nitrogens is 1. The van der Waals surface area contributed by atoms with Gasteiger partial charge in [0.05, 0.1) is 5.69 Å². The van der Waals surface area contributed by atoms with Gasteiger partial charge in [0.2, 0.25) is 0 Å². The number of benzene rings is 2. The van der Waals surface area contributed by atoms with Crippen LogP contribution in [0, 0.1) is 12.3 Å². The summed E-state index contributed by atoms with van der Waals surface area (Å²) in [7, 11) is 0. The number of allylic oxidation sites excluding steroid dienone is 4. The summed E-state index contributed by atoms with van der Waals surface area (Å²) in [6.07, 6.45) is 16.4. The van der Waals surface area contributed by atoms with Crippen LogP contribution in [0.4, 0.5) is 0 Å². The molecule has 1 radical (unpaired) electrons. The molecule has 0 aliphatic heterocycles. The minimum absolute atomic E-state index is 0.0851. The number of carbonyl (C=O) groups excluding carboxylic acids is 1. The van der Waals surface area contributed by atoms with Crippen LogP contribution in [0.1, 0.15) is 115 Å². The van der Waals surface area contributed by atoms with Gasteiger partial charge in [0.15, 0.2) is 5.78 Å². The van der Waals surface area contributed by atoms with Gasteiger partial charge in [0.1, 0.15) is 0 Å². The lowest BCUT2D eigenvalue weighted by Gasteiger charge is -2.21. The van der Waals surface area contributed by atoms with E-state index >= 15 is 0 Å². The van der Waals surface area contributed by atoms with E-state index in [1.807, 2.05) is 0 Å². The van der Waals surface area contributed by atoms with Gasteiger partial charge in [-0.05, 0) is 57.9 Å². The molecule has 0 spiro atoms. The molecule has 0 saturated heterocycles. The first-order chi connectivity index (χ1) is 19.5. The van der Waals surface area contributed by atoms with Crippen molar-refractivity contribution in [1.29, 1.82) is 0 Å². The molecule has 215 valence electrons. The van der Waals surface area contributed by atoms with Crippen LogP contribution >= 0.6 is 0 Å². The minimum atomic E-state index is 0.0851. The van der Waals surface area contributed by atoms with E-state index in [-0.39, 0.29) is 16.6 Å². The van der Waals surface area contributed by atoms with Crippen LogP contribution in [0.25, 0.3) is 22.4 Å². The van der Waals surface area contributed by atoms with Gasteiger partial charge in [-0.3, -0.25) is 4.79 Å². The molecule has 2 aliphatic carbocycles. The fourth-order valence-corrected chi connectivity index (χ4v) is 6.29. The number of H-pyrrole nitrogens is 1. The molecule has 1 saturated carbocycles. The lowest BCUT2D eigenvalue weighted by Crippen LogP contribution is -2.10. The molecule has 5 rings (SSSR count). The van der Waals surface area contributed by atoms with Crippen molar-refractivity contribution in [3.63, 3.8) is 0 Å². The summed E-state index contributed by atoms with van der Waals surface area (Å²) in [6, 6.07) is 19.6. The van der Waals surface area contributed by atoms with Gasteiger partial charge in [-0.2, -0.15) is 0 Å². The second-order valence-corrected chi connectivity index (χ2v) is 14.4. The highest BCUT2D eigenvalue weighted by atomic mass is 16.1. The SMILES string of the molecule is CC(C)(C)c1ccc(-c2cc(-c3ccc(C(C)(C)C)cc3)c(C(=O)CC3=CC=C(CCC4CCCCC4)[CH]3)[nH]2)cc1. The van der Waals surface area contributed by atoms with Crippen molar-refractivity contribution in [3.05, 3.63) is 101 Å². The maximum Gasteiger partial charge on any atom is 0.183 e. The Morgan fingerprint density at radius 3 is 1.90 bits per heavy atom. The summed E-state index contributed by atoms with van der Waals surface area (Å²) in [6.45, 7) is 13.4. The highest BCUT2D eigenvalue weighted by molar-refractivity contribution is 6.03. The van der Waals surface area contributed by atoms with Gasteiger partial charge in [0, 0.05) is 24.1 Å². The standard InChI is InChI=1S/C39H48NO/c1-38(2,3)32-20-16-30(17-21-32)34-26-35(31-18-22-33(23-19-31)39(4,5)6)40-37(34)36(41)25-29-15-14-28(24-29)13-12-27-10-8-7-9-11-27/h14-24,26-27,40H,7-13,25H2,1-6H3. The van der Waals surface area contributed by atoms with E-state index in [1.54, 1.807) is 0 Å². The molecule has 41 heavy (non-hydrogen) atoms. The third kappa shape index (κ3) is 7.21. The third-order valence-corrected chi connectivity index (χ3v) is 9.03. The van der Waals surface area contributed by atoms with Crippen molar-refractivity contribution >= 4 is 5.78 Å². The zero-order valence-electron chi connectivity index (χ0n) is 26.1. The lowest BCUT2D eigenvalue weighted by atomic mass is 9.85. The van der Waals surface area contributed by atoms with Crippen LogP contribution < -0.4 is 0 Å². The second kappa shape index (κ2) is 12.0. The van der Waals surface area contributed by atoms with E-state index in [2.05, 4.69) is 120 Å². The van der Waals surface area contributed by atoms with Gasteiger partial charge in [-0.25, -0.2) is 0 Å². The zero-order chi connectivity index (χ0) is 29.2. The Morgan fingerprint density at radius 1 is 0.756 bits per heavy atom. The second-order valence-electron chi connectivity index (χ2n) is 14.4. The van der Waals surface area contributed by atoms with Crippen molar-refractivity contribution in [1.82, 2.24) is 4.98 Å². The number of rotatable bonds is 8. The Kier molecular flexibility index (Phi) is 8.60. The van der Waals surface area contributed by atoms with E-state index in [9.17, 15) is 4.79 Å². The molecule has 1 heterocycles. The van der Waals surface area contributed by atoms with Crippen LogP contribution in [0.5, 0.6) is 0 Å². The molecular weight excluding hydrogens is 498 g/mol. The first kappa shape index (κ1) is 29.4. The largest absolute Gasteiger partial charge is 0.352 e.